The number of ether oxygens (including phenoxy) is 1. The minimum Gasteiger partial charge on any atom is -0.497 e. The number of rotatable bonds is 7. The number of carbonyl (C=O) groups excluding carboxylic acids is 1. The molecular formula is C21H20FN3O2S. The summed E-state index contributed by atoms with van der Waals surface area (Å²) >= 11 is 1.34. The molecule has 3 rings (SSSR count). The Hall–Kier alpha value is -2.93. The fraction of sp³-hybridized carbons (Fsp3) is 0.190. The van der Waals surface area contributed by atoms with Crippen molar-refractivity contribution in [3.05, 3.63) is 71.7 Å². The first kappa shape index (κ1) is 19.8. The molecule has 28 heavy (non-hydrogen) atoms. The first-order valence-corrected chi connectivity index (χ1v) is 9.66. The van der Waals surface area contributed by atoms with E-state index in [1.807, 2.05) is 37.3 Å². The number of methoxy groups -OCH3 is 1. The summed E-state index contributed by atoms with van der Waals surface area (Å²) in [5, 5.41) is 3.59. The van der Waals surface area contributed by atoms with Gasteiger partial charge in [0.2, 0.25) is 5.91 Å². The van der Waals surface area contributed by atoms with Gasteiger partial charge in [-0.15, -0.1) is 0 Å². The van der Waals surface area contributed by atoms with Crippen molar-refractivity contribution in [2.24, 2.45) is 0 Å². The molecule has 1 aromatic heterocycles. The van der Waals surface area contributed by atoms with E-state index in [-0.39, 0.29) is 17.5 Å². The van der Waals surface area contributed by atoms with Crippen molar-refractivity contribution in [2.75, 3.05) is 12.9 Å². The number of hydrogen-bond donors (Lipinski definition) is 1. The van der Waals surface area contributed by atoms with E-state index in [4.69, 9.17) is 4.74 Å². The Labute approximate surface area is 167 Å². The molecule has 1 heterocycles. The summed E-state index contributed by atoms with van der Waals surface area (Å²) in [5.41, 5.74) is 2.52. The second-order valence-electron chi connectivity index (χ2n) is 6.09. The molecule has 7 heteroatoms. The van der Waals surface area contributed by atoms with Gasteiger partial charge in [-0.2, -0.15) is 0 Å². The highest BCUT2D eigenvalue weighted by molar-refractivity contribution is 7.99. The lowest BCUT2D eigenvalue weighted by molar-refractivity contribution is -0.118. The standard InChI is InChI=1S/C21H20FN3O2S/c1-14-11-20(25-21(24-14)16-5-7-17(22)8-6-16)28-13-19(26)23-12-15-3-9-18(27-2)10-4-15/h3-11H,12-13H2,1-2H3,(H,23,26). The number of carbonyl (C=O) groups is 1. The van der Waals surface area contributed by atoms with Crippen molar-refractivity contribution in [1.29, 1.82) is 0 Å². The number of hydrogen-bond acceptors (Lipinski definition) is 5. The van der Waals surface area contributed by atoms with Gasteiger partial charge in [0.1, 0.15) is 16.6 Å². The van der Waals surface area contributed by atoms with Crippen molar-refractivity contribution in [2.45, 2.75) is 18.5 Å². The first-order valence-electron chi connectivity index (χ1n) is 8.67. The highest BCUT2D eigenvalue weighted by Gasteiger charge is 2.09. The summed E-state index contributed by atoms with van der Waals surface area (Å²) in [6.07, 6.45) is 0. The van der Waals surface area contributed by atoms with Crippen LogP contribution in [0.25, 0.3) is 11.4 Å². The first-order chi connectivity index (χ1) is 13.5. The molecule has 0 atom stereocenters. The average molecular weight is 397 g/mol. The number of nitrogens with one attached hydrogen (secondary N) is 1. The third kappa shape index (κ3) is 5.53. The maximum atomic E-state index is 13.1. The Morgan fingerprint density at radius 1 is 1.11 bits per heavy atom. The third-order valence-electron chi connectivity index (χ3n) is 3.93. The van der Waals surface area contributed by atoms with Crippen molar-refractivity contribution in [3.63, 3.8) is 0 Å². The number of aryl methyl sites for hydroxylation is 1. The van der Waals surface area contributed by atoms with E-state index < -0.39 is 0 Å². The molecule has 1 N–H and O–H groups in total. The van der Waals surface area contributed by atoms with Gasteiger partial charge in [-0.25, -0.2) is 14.4 Å². The molecular weight excluding hydrogens is 377 g/mol. The lowest BCUT2D eigenvalue weighted by atomic mass is 10.2. The number of amides is 1. The Morgan fingerprint density at radius 2 is 1.82 bits per heavy atom. The van der Waals surface area contributed by atoms with E-state index >= 15 is 0 Å². The molecule has 3 aromatic rings. The fourth-order valence-corrected chi connectivity index (χ4v) is 3.26. The van der Waals surface area contributed by atoms with Gasteiger partial charge in [0.15, 0.2) is 5.82 Å². The number of benzene rings is 2. The molecule has 1 amide bonds. The van der Waals surface area contributed by atoms with Crippen LogP contribution in [0.4, 0.5) is 4.39 Å². The van der Waals surface area contributed by atoms with Gasteiger partial charge in [0, 0.05) is 17.8 Å². The molecule has 0 radical (unpaired) electrons. The molecule has 0 unspecified atom stereocenters. The third-order valence-corrected chi connectivity index (χ3v) is 4.84. The van der Waals surface area contributed by atoms with Gasteiger partial charge >= 0.3 is 0 Å². The van der Waals surface area contributed by atoms with Crippen LogP contribution in [0.1, 0.15) is 11.3 Å². The van der Waals surface area contributed by atoms with Gasteiger partial charge in [0.05, 0.1) is 12.9 Å². The Kier molecular flexibility index (Phi) is 6.60. The van der Waals surface area contributed by atoms with Crippen LogP contribution in [0.3, 0.4) is 0 Å². The zero-order valence-electron chi connectivity index (χ0n) is 15.6. The molecule has 0 fully saturated rings. The number of thioether (sulfide) groups is 1. The molecule has 0 bridgehead atoms. The van der Waals surface area contributed by atoms with E-state index in [1.54, 1.807) is 19.2 Å². The molecule has 2 aromatic carbocycles. The second-order valence-corrected chi connectivity index (χ2v) is 7.09. The van der Waals surface area contributed by atoms with Crippen LogP contribution in [0.5, 0.6) is 5.75 Å². The van der Waals surface area contributed by atoms with E-state index in [2.05, 4.69) is 15.3 Å². The van der Waals surface area contributed by atoms with E-state index in [0.29, 0.717) is 17.4 Å². The van der Waals surface area contributed by atoms with Crippen molar-refractivity contribution in [3.8, 4) is 17.1 Å². The number of nitrogens with zero attached hydrogens (tertiary/aromatic N) is 2. The predicted octanol–water partition coefficient (Wildman–Crippen LogP) is 4.01. The predicted molar refractivity (Wildman–Crippen MR) is 108 cm³/mol. The van der Waals surface area contributed by atoms with E-state index in [1.165, 1.54) is 23.9 Å². The second kappa shape index (κ2) is 9.32. The Balaban J connectivity index is 1.57. The lowest BCUT2D eigenvalue weighted by Crippen LogP contribution is -2.24. The highest BCUT2D eigenvalue weighted by atomic mass is 32.2. The molecule has 0 aliphatic heterocycles. The summed E-state index contributed by atoms with van der Waals surface area (Å²) in [4.78, 5) is 21.0. The van der Waals surface area contributed by atoms with Gasteiger partial charge in [-0.3, -0.25) is 4.79 Å². The van der Waals surface area contributed by atoms with E-state index in [0.717, 1.165) is 22.6 Å². The quantitative estimate of drug-likeness (QED) is 0.482. The van der Waals surface area contributed by atoms with Gasteiger partial charge in [-0.05, 0) is 55.0 Å². The summed E-state index contributed by atoms with van der Waals surface area (Å²) in [6, 6.07) is 15.4. The van der Waals surface area contributed by atoms with Crippen molar-refractivity contribution in [1.82, 2.24) is 15.3 Å². The topological polar surface area (TPSA) is 64.1 Å². The van der Waals surface area contributed by atoms with Gasteiger partial charge in [-0.1, -0.05) is 23.9 Å². The van der Waals surface area contributed by atoms with Crippen LogP contribution in [0.2, 0.25) is 0 Å². The molecule has 0 aliphatic rings. The highest BCUT2D eigenvalue weighted by Crippen LogP contribution is 2.22. The van der Waals surface area contributed by atoms with Gasteiger partial charge in [0.25, 0.3) is 0 Å². The average Bonchev–Trinajstić information content (AvgIpc) is 2.71. The minimum atomic E-state index is -0.306. The van der Waals surface area contributed by atoms with Crippen molar-refractivity contribution >= 4 is 17.7 Å². The molecule has 5 nitrogen and oxygen atoms in total. The zero-order chi connectivity index (χ0) is 19.9. The summed E-state index contributed by atoms with van der Waals surface area (Å²) < 4.78 is 18.2. The van der Waals surface area contributed by atoms with E-state index in [9.17, 15) is 9.18 Å². The normalized spacial score (nSPS) is 10.5. The van der Waals surface area contributed by atoms with Crippen LogP contribution in [-0.4, -0.2) is 28.7 Å². The summed E-state index contributed by atoms with van der Waals surface area (Å²) in [5.74, 6) is 1.15. The maximum Gasteiger partial charge on any atom is 0.230 e. The molecule has 0 aliphatic carbocycles. The fourth-order valence-electron chi connectivity index (χ4n) is 2.48. The smallest absolute Gasteiger partial charge is 0.230 e. The monoisotopic (exact) mass is 397 g/mol. The van der Waals surface area contributed by atoms with Crippen LogP contribution in [-0.2, 0) is 11.3 Å². The number of halogens is 1. The molecule has 0 saturated heterocycles. The largest absolute Gasteiger partial charge is 0.497 e. The summed E-state index contributed by atoms with van der Waals surface area (Å²) in [6.45, 7) is 2.32. The van der Waals surface area contributed by atoms with Crippen LogP contribution < -0.4 is 10.1 Å². The van der Waals surface area contributed by atoms with Crippen LogP contribution in [0.15, 0.2) is 59.6 Å². The zero-order valence-corrected chi connectivity index (χ0v) is 16.4. The SMILES string of the molecule is COc1ccc(CNC(=O)CSc2cc(C)nc(-c3ccc(F)cc3)n2)cc1. The van der Waals surface area contributed by atoms with Crippen LogP contribution >= 0.6 is 11.8 Å². The Morgan fingerprint density at radius 3 is 2.50 bits per heavy atom. The number of aromatic nitrogens is 2. The van der Waals surface area contributed by atoms with Crippen LogP contribution in [0, 0.1) is 12.7 Å². The Bertz CT molecular complexity index is 947. The van der Waals surface area contributed by atoms with Crippen molar-refractivity contribution < 1.29 is 13.9 Å². The minimum absolute atomic E-state index is 0.0829. The molecule has 0 spiro atoms. The molecule has 144 valence electrons. The lowest BCUT2D eigenvalue weighted by Gasteiger charge is -2.08. The summed E-state index contributed by atoms with van der Waals surface area (Å²) in [7, 11) is 1.62. The van der Waals surface area contributed by atoms with Gasteiger partial charge < -0.3 is 10.1 Å². The maximum absolute atomic E-state index is 13.1. The molecule has 0 saturated carbocycles.